The van der Waals surface area contributed by atoms with Crippen molar-refractivity contribution in [3.05, 3.63) is 106 Å². The summed E-state index contributed by atoms with van der Waals surface area (Å²) in [5.74, 6) is -0.763. The number of nitrogens with zero attached hydrogens (tertiary/aromatic N) is 2. The smallest absolute Gasteiger partial charge is 0.285 e. The lowest BCUT2D eigenvalue weighted by molar-refractivity contribution is -0.991. The number of amides is 2. The molecule has 3 aromatic rings. The second kappa shape index (κ2) is 10.2. The molecule has 1 aliphatic heterocycles. The van der Waals surface area contributed by atoms with Crippen LogP contribution in [-0.2, 0) is 16.0 Å². The van der Waals surface area contributed by atoms with E-state index in [1.165, 1.54) is 12.1 Å². The van der Waals surface area contributed by atoms with E-state index in [-0.39, 0.29) is 18.0 Å². The van der Waals surface area contributed by atoms with Crippen LogP contribution in [0.1, 0.15) is 11.1 Å². The molecule has 1 atom stereocenters. The summed E-state index contributed by atoms with van der Waals surface area (Å²) in [7, 11) is 0. The number of quaternary nitrogens is 1. The molecule has 1 saturated heterocycles. The van der Waals surface area contributed by atoms with E-state index in [4.69, 9.17) is 5.21 Å². The topological polar surface area (TPSA) is 110 Å². The van der Waals surface area contributed by atoms with E-state index in [1.54, 1.807) is 30.3 Å². The van der Waals surface area contributed by atoms with E-state index in [1.807, 2.05) is 48.5 Å². The number of aliphatic imine (C=N–C) groups is 1. The number of hydrazine groups is 1. The Kier molecular flexibility index (Phi) is 6.96. The fraction of sp³-hybridized carbons (Fsp3) is 0.0417. The molecular weight excluding hydrogens is 440 g/mol. The maximum atomic E-state index is 13.1. The van der Waals surface area contributed by atoms with Gasteiger partial charge in [-0.2, -0.15) is 10.2 Å². The van der Waals surface area contributed by atoms with Gasteiger partial charge >= 0.3 is 0 Å². The van der Waals surface area contributed by atoms with Crippen LogP contribution in [0.4, 0.5) is 11.4 Å². The van der Waals surface area contributed by atoms with E-state index in [9.17, 15) is 14.8 Å². The van der Waals surface area contributed by atoms with Gasteiger partial charge in [0.25, 0.3) is 5.91 Å². The molecule has 1 unspecified atom stereocenters. The van der Waals surface area contributed by atoms with Crippen LogP contribution >= 0.6 is 11.8 Å². The van der Waals surface area contributed by atoms with Gasteiger partial charge in [-0.1, -0.05) is 48.5 Å². The predicted octanol–water partition coefficient (Wildman–Crippen LogP) is 2.97. The standard InChI is InChI=1S/C24H20N4O4S/c29-22(16-17-7-3-1-4-8-17)26-27-23(30)21(15-18-11-13-20(14-12-18)28(31)32)33-24(27)25-19-9-5-2-6-10-19/h1-15,28,31H,16H2,(H,26,29)/b21-15+,25-24?. The normalized spacial score (nSPS) is 16.9. The molecule has 3 N–H and O–H groups in total. The van der Waals surface area contributed by atoms with Gasteiger partial charge in [-0.15, -0.1) is 0 Å². The van der Waals surface area contributed by atoms with Crippen LogP contribution in [0.15, 0.2) is 94.8 Å². The van der Waals surface area contributed by atoms with E-state index in [0.29, 0.717) is 21.3 Å². The highest BCUT2D eigenvalue weighted by molar-refractivity contribution is 8.18. The Morgan fingerprint density at radius 2 is 1.67 bits per heavy atom. The SMILES string of the molecule is O=C(Cc1ccccc1)NN1C(=O)/C(=C\c2ccc([NH+]([O-])O)cc2)SC1=Nc1ccccc1. The molecule has 0 bridgehead atoms. The van der Waals surface area contributed by atoms with Crippen LogP contribution in [0.25, 0.3) is 6.08 Å². The summed E-state index contributed by atoms with van der Waals surface area (Å²) in [6, 6.07) is 24.5. The number of benzene rings is 3. The van der Waals surface area contributed by atoms with Gasteiger partial charge in [-0.05, 0) is 53.2 Å². The molecule has 0 saturated carbocycles. The minimum absolute atomic E-state index is 0.115. The Bertz CT molecular complexity index is 1200. The van der Waals surface area contributed by atoms with Crippen molar-refractivity contribution in [1.82, 2.24) is 10.4 Å². The predicted molar refractivity (Wildman–Crippen MR) is 126 cm³/mol. The highest BCUT2D eigenvalue weighted by Crippen LogP contribution is 2.33. The molecule has 33 heavy (non-hydrogen) atoms. The van der Waals surface area contributed by atoms with Gasteiger partial charge < -0.3 is 5.21 Å². The van der Waals surface area contributed by atoms with Crippen LogP contribution in [0.2, 0.25) is 0 Å². The second-order valence-electron chi connectivity index (χ2n) is 7.11. The van der Waals surface area contributed by atoms with E-state index >= 15 is 0 Å². The number of rotatable bonds is 6. The fourth-order valence-corrected chi connectivity index (χ4v) is 4.02. The fourth-order valence-electron chi connectivity index (χ4n) is 3.08. The molecule has 3 aromatic carbocycles. The monoisotopic (exact) mass is 460 g/mol. The molecule has 9 heteroatoms. The third-order valence-electron chi connectivity index (χ3n) is 4.69. The zero-order valence-electron chi connectivity index (χ0n) is 17.3. The van der Waals surface area contributed by atoms with Gasteiger partial charge in [-0.3, -0.25) is 15.0 Å². The second-order valence-corrected chi connectivity index (χ2v) is 8.11. The van der Waals surface area contributed by atoms with Crippen molar-refractivity contribution in [3.8, 4) is 0 Å². The zero-order valence-corrected chi connectivity index (χ0v) is 18.2. The number of carbonyl (C=O) groups is 2. The van der Waals surface area contributed by atoms with E-state index < -0.39 is 11.1 Å². The molecule has 4 rings (SSSR count). The molecule has 1 heterocycles. The Morgan fingerprint density at radius 3 is 2.30 bits per heavy atom. The Balaban J connectivity index is 1.59. The summed E-state index contributed by atoms with van der Waals surface area (Å²) in [5.41, 5.74) is 4.94. The van der Waals surface area contributed by atoms with Gasteiger partial charge in [-0.25, -0.2) is 10.2 Å². The van der Waals surface area contributed by atoms with Crippen molar-refractivity contribution in [1.29, 1.82) is 0 Å². The van der Waals surface area contributed by atoms with Crippen LogP contribution in [0.3, 0.4) is 0 Å². The van der Waals surface area contributed by atoms with Crippen LogP contribution < -0.4 is 10.7 Å². The minimum Gasteiger partial charge on any atom is -0.595 e. The molecule has 8 nitrogen and oxygen atoms in total. The third-order valence-corrected chi connectivity index (χ3v) is 5.66. The molecule has 0 radical (unpaired) electrons. The molecule has 0 aromatic heterocycles. The van der Waals surface area contributed by atoms with Crippen molar-refractivity contribution in [2.45, 2.75) is 6.42 Å². The van der Waals surface area contributed by atoms with Gasteiger partial charge in [0.05, 0.1) is 17.0 Å². The molecule has 166 valence electrons. The number of para-hydroxylation sites is 1. The van der Waals surface area contributed by atoms with Crippen LogP contribution in [0.5, 0.6) is 0 Å². The van der Waals surface area contributed by atoms with Crippen molar-refractivity contribution >= 4 is 46.2 Å². The average Bonchev–Trinajstić information content (AvgIpc) is 3.09. The number of thioether (sulfide) groups is 1. The molecular formula is C24H20N4O4S. The Labute approximate surface area is 194 Å². The first kappa shape index (κ1) is 22.4. The van der Waals surface area contributed by atoms with Crippen molar-refractivity contribution in [2.24, 2.45) is 4.99 Å². The maximum absolute atomic E-state index is 13.1. The summed E-state index contributed by atoms with van der Waals surface area (Å²) >= 11 is 1.13. The van der Waals surface area contributed by atoms with Gasteiger partial charge in [0.15, 0.2) is 10.9 Å². The first-order chi connectivity index (χ1) is 16.0. The van der Waals surface area contributed by atoms with Crippen molar-refractivity contribution in [2.75, 3.05) is 0 Å². The minimum atomic E-state index is -1.02. The molecule has 1 aliphatic rings. The molecule has 0 aliphatic carbocycles. The van der Waals surface area contributed by atoms with E-state index in [0.717, 1.165) is 22.3 Å². The highest BCUT2D eigenvalue weighted by Gasteiger charge is 2.35. The lowest BCUT2D eigenvalue weighted by atomic mass is 10.1. The summed E-state index contributed by atoms with van der Waals surface area (Å²) < 4.78 is 0. The lowest BCUT2D eigenvalue weighted by Gasteiger charge is -2.16. The quantitative estimate of drug-likeness (QED) is 0.387. The number of carbonyl (C=O) groups excluding carboxylic acids is 2. The summed E-state index contributed by atoms with van der Waals surface area (Å²) in [6.07, 6.45) is 1.76. The average molecular weight is 461 g/mol. The number of hydrogen-bond donors (Lipinski definition) is 3. The molecule has 0 spiro atoms. The summed E-state index contributed by atoms with van der Waals surface area (Å²) in [4.78, 5) is 30.6. The van der Waals surface area contributed by atoms with Gasteiger partial charge in [0.2, 0.25) is 5.91 Å². The first-order valence-electron chi connectivity index (χ1n) is 10.0. The number of nitrogens with one attached hydrogen (secondary N) is 2. The number of hydrogen-bond acceptors (Lipinski definition) is 6. The Morgan fingerprint density at radius 1 is 1.03 bits per heavy atom. The van der Waals surface area contributed by atoms with Crippen LogP contribution in [-0.4, -0.2) is 27.2 Å². The van der Waals surface area contributed by atoms with Crippen LogP contribution in [0, 0.1) is 5.21 Å². The van der Waals surface area contributed by atoms with E-state index in [2.05, 4.69) is 10.4 Å². The maximum Gasteiger partial charge on any atom is 0.285 e. The molecule has 1 fully saturated rings. The number of amidine groups is 1. The first-order valence-corrected chi connectivity index (χ1v) is 10.9. The van der Waals surface area contributed by atoms with Crippen molar-refractivity contribution < 1.29 is 20.0 Å². The molecule has 2 amide bonds. The van der Waals surface area contributed by atoms with Gasteiger partial charge in [0, 0.05) is 12.1 Å². The largest absolute Gasteiger partial charge is 0.595 e. The lowest BCUT2D eigenvalue weighted by Crippen LogP contribution is -2.99. The highest BCUT2D eigenvalue weighted by atomic mass is 32.2. The zero-order chi connectivity index (χ0) is 23.2. The van der Waals surface area contributed by atoms with Crippen molar-refractivity contribution in [3.63, 3.8) is 0 Å². The van der Waals surface area contributed by atoms with Gasteiger partial charge in [0.1, 0.15) is 0 Å². The summed E-state index contributed by atoms with van der Waals surface area (Å²) in [6.45, 7) is 0. The summed E-state index contributed by atoms with van der Waals surface area (Å²) in [5, 5.41) is 20.6. The third kappa shape index (κ3) is 5.73. The Hall–Kier alpha value is -3.76.